The third kappa shape index (κ3) is 6.23. The van der Waals surface area contributed by atoms with Crippen molar-refractivity contribution in [2.75, 3.05) is 45.2 Å². The van der Waals surface area contributed by atoms with Gasteiger partial charge < -0.3 is 19.9 Å². The van der Waals surface area contributed by atoms with E-state index in [9.17, 15) is 22.8 Å². The van der Waals surface area contributed by atoms with E-state index < -0.39 is 17.6 Å². The molecule has 0 unspecified atom stereocenters. The number of nitrogens with zero attached hydrogens (tertiary/aromatic N) is 4. The number of carbonyl (C=O) groups is 2. The highest BCUT2D eigenvalue weighted by Crippen LogP contribution is 2.37. The fourth-order valence-corrected chi connectivity index (χ4v) is 4.23. The van der Waals surface area contributed by atoms with Crippen molar-refractivity contribution in [1.82, 2.24) is 19.6 Å². The molecule has 8 nitrogen and oxygen atoms in total. The van der Waals surface area contributed by atoms with Gasteiger partial charge in [0.05, 0.1) is 22.5 Å². The van der Waals surface area contributed by atoms with Crippen molar-refractivity contribution in [2.45, 2.75) is 6.18 Å². The first-order chi connectivity index (χ1) is 17.5. The summed E-state index contributed by atoms with van der Waals surface area (Å²) in [4.78, 5) is 29.3. The quantitative estimate of drug-likeness (QED) is 0.513. The van der Waals surface area contributed by atoms with Crippen LogP contribution in [0.5, 0.6) is 5.75 Å². The Bertz CT molecular complexity index is 1280. The number of ether oxygens (including phenoxy) is 1. The summed E-state index contributed by atoms with van der Waals surface area (Å²) in [6, 6.07) is 8.83. The molecule has 1 saturated heterocycles. The largest absolute Gasteiger partial charge is 0.483 e. The lowest BCUT2D eigenvalue weighted by molar-refractivity contribution is -0.137. The Balaban J connectivity index is 1.57. The zero-order valence-corrected chi connectivity index (χ0v) is 20.9. The molecule has 196 valence electrons. The Kier molecular flexibility index (Phi) is 7.74. The van der Waals surface area contributed by atoms with Gasteiger partial charge in [-0.3, -0.25) is 14.3 Å². The van der Waals surface area contributed by atoms with Crippen molar-refractivity contribution in [2.24, 2.45) is 7.05 Å². The Labute approximate surface area is 216 Å². The predicted octanol–water partition coefficient (Wildman–Crippen LogP) is 4.16. The van der Waals surface area contributed by atoms with Crippen LogP contribution in [0.25, 0.3) is 11.3 Å². The minimum atomic E-state index is -4.57. The SMILES string of the molecule is CN1CCN(C(=O)COc2ccc(NC(=O)c3cccc(C(F)(F)F)c3)cc2-c2c(Cl)cnn2C)CC1. The number of alkyl halides is 3. The summed E-state index contributed by atoms with van der Waals surface area (Å²) >= 11 is 6.35. The summed E-state index contributed by atoms with van der Waals surface area (Å²) in [6.45, 7) is 2.59. The summed E-state index contributed by atoms with van der Waals surface area (Å²) in [6.07, 6.45) is -3.12. The van der Waals surface area contributed by atoms with E-state index in [1.807, 2.05) is 7.05 Å². The molecule has 37 heavy (non-hydrogen) atoms. The molecule has 1 N–H and O–H groups in total. The summed E-state index contributed by atoms with van der Waals surface area (Å²) < 4.78 is 46.6. The standard InChI is InChI=1S/C25H25ClF3N5O3/c1-32-8-10-34(11-9-32)22(35)15-37-21-7-6-18(13-19(21)23-20(26)14-30-33(23)2)31-24(36)16-4-3-5-17(12-16)25(27,28)29/h3-7,12-14H,8-11,15H2,1-2H3,(H,31,36). The average molecular weight is 536 g/mol. The topological polar surface area (TPSA) is 79.7 Å². The molecule has 0 spiro atoms. The molecule has 2 heterocycles. The number of hydrogen-bond acceptors (Lipinski definition) is 5. The Morgan fingerprint density at radius 2 is 1.81 bits per heavy atom. The zero-order chi connectivity index (χ0) is 26.7. The van der Waals surface area contributed by atoms with Crippen LogP contribution in [0.3, 0.4) is 0 Å². The Morgan fingerprint density at radius 1 is 1.08 bits per heavy atom. The molecule has 0 aliphatic carbocycles. The smallest absolute Gasteiger partial charge is 0.416 e. The molecule has 0 saturated carbocycles. The van der Waals surface area contributed by atoms with Crippen molar-refractivity contribution in [3.05, 3.63) is 64.8 Å². The van der Waals surface area contributed by atoms with Gasteiger partial charge in [0.2, 0.25) is 0 Å². The molecule has 1 fully saturated rings. The zero-order valence-electron chi connectivity index (χ0n) is 20.2. The molecule has 1 aliphatic heterocycles. The number of halogens is 4. The number of nitrogens with one attached hydrogen (secondary N) is 1. The van der Waals surface area contributed by atoms with Crippen molar-refractivity contribution >= 4 is 29.1 Å². The van der Waals surface area contributed by atoms with E-state index in [1.54, 1.807) is 24.1 Å². The molecular formula is C25H25ClF3N5O3. The number of anilines is 1. The number of aromatic nitrogens is 2. The maximum Gasteiger partial charge on any atom is 0.416 e. The van der Waals surface area contributed by atoms with Gasteiger partial charge in [-0.1, -0.05) is 17.7 Å². The highest BCUT2D eigenvalue weighted by molar-refractivity contribution is 6.33. The second-order valence-electron chi connectivity index (χ2n) is 8.68. The molecule has 2 amide bonds. The van der Waals surface area contributed by atoms with Crippen LogP contribution in [0, 0.1) is 0 Å². The highest BCUT2D eigenvalue weighted by atomic mass is 35.5. The highest BCUT2D eigenvalue weighted by Gasteiger charge is 2.31. The van der Waals surface area contributed by atoms with Gasteiger partial charge in [-0.2, -0.15) is 18.3 Å². The third-order valence-corrected chi connectivity index (χ3v) is 6.32. The first kappa shape index (κ1) is 26.5. The first-order valence-corrected chi connectivity index (χ1v) is 11.8. The van der Waals surface area contributed by atoms with E-state index in [0.717, 1.165) is 25.2 Å². The number of carbonyl (C=O) groups excluding carboxylic acids is 2. The summed E-state index contributed by atoms with van der Waals surface area (Å²) in [7, 11) is 3.67. The van der Waals surface area contributed by atoms with E-state index in [0.29, 0.717) is 40.8 Å². The molecule has 1 aliphatic rings. The van der Waals surface area contributed by atoms with E-state index in [2.05, 4.69) is 15.3 Å². The van der Waals surface area contributed by atoms with Gasteiger partial charge in [-0.05, 0) is 43.4 Å². The van der Waals surface area contributed by atoms with Crippen molar-refractivity contribution in [3.8, 4) is 17.0 Å². The second-order valence-corrected chi connectivity index (χ2v) is 9.09. The molecule has 1 aromatic heterocycles. The molecule has 4 rings (SSSR count). The van der Waals surface area contributed by atoms with Crippen LogP contribution in [-0.2, 0) is 18.0 Å². The molecule has 2 aromatic carbocycles. The van der Waals surface area contributed by atoms with E-state index in [1.165, 1.54) is 29.1 Å². The van der Waals surface area contributed by atoms with E-state index in [4.69, 9.17) is 16.3 Å². The van der Waals surface area contributed by atoms with E-state index in [-0.39, 0.29) is 18.1 Å². The number of rotatable bonds is 6. The Morgan fingerprint density at radius 3 is 2.46 bits per heavy atom. The minimum Gasteiger partial charge on any atom is -0.483 e. The summed E-state index contributed by atoms with van der Waals surface area (Å²) in [5, 5.41) is 7.07. The summed E-state index contributed by atoms with van der Waals surface area (Å²) in [5.74, 6) is -0.533. The third-order valence-electron chi connectivity index (χ3n) is 6.05. The Hall–Kier alpha value is -3.57. The van der Waals surface area contributed by atoms with Gasteiger partial charge in [0, 0.05) is 50.0 Å². The van der Waals surface area contributed by atoms with Crippen LogP contribution < -0.4 is 10.1 Å². The summed E-state index contributed by atoms with van der Waals surface area (Å²) in [5.41, 5.74) is 0.175. The number of piperazine rings is 1. The lowest BCUT2D eigenvalue weighted by Crippen LogP contribution is -2.48. The van der Waals surface area contributed by atoms with Crippen molar-refractivity contribution in [3.63, 3.8) is 0 Å². The minimum absolute atomic E-state index is 0.145. The number of aryl methyl sites for hydroxylation is 1. The van der Waals surface area contributed by atoms with Gasteiger partial charge in [0.25, 0.3) is 11.8 Å². The maximum atomic E-state index is 13.1. The fraction of sp³-hybridized carbons (Fsp3) is 0.320. The molecule has 12 heteroatoms. The normalized spacial score (nSPS) is 14.5. The molecular weight excluding hydrogens is 511 g/mol. The van der Waals surface area contributed by atoms with Crippen LogP contribution in [0.1, 0.15) is 15.9 Å². The van der Waals surface area contributed by atoms with Crippen molar-refractivity contribution in [1.29, 1.82) is 0 Å². The fourth-order valence-electron chi connectivity index (χ4n) is 3.96. The number of hydrogen-bond donors (Lipinski definition) is 1. The van der Waals surface area contributed by atoms with Gasteiger partial charge in [-0.15, -0.1) is 0 Å². The maximum absolute atomic E-state index is 13.1. The van der Waals surface area contributed by atoms with Crippen LogP contribution >= 0.6 is 11.6 Å². The predicted molar refractivity (Wildman–Crippen MR) is 133 cm³/mol. The molecule has 0 bridgehead atoms. The molecule has 3 aromatic rings. The van der Waals surface area contributed by atoms with Gasteiger partial charge >= 0.3 is 6.18 Å². The molecule has 0 atom stereocenters. The van der Waals surface area contributed by atoms with Crippen molar-refractivity contribution < 1.29 is 27.5 Å². The number of likely N-dealkylation sites (N-methyl/N-ethyl adjacent to an activating group) is 1. The van der Waals surface area contributed by atoms with Crippen LogP contribution in [0.2, 0.25) is 5.02 Å². The van der Waals surface area contributed by atoms with Crippen LogP contribution in [0.15, 0.2) is 48.7 Å². The van der Waals surface area contributed by atoms with Crippen LogP contribution in [0.4, 0.5) is 18.9 Å². The lowest BCUT2D eigenvalue weighted by Gasteiger charge is -2.32. The first-order valence-electron chi connectivity index (χ1n) is 11.4. The molecule has 0 radical (unpaired) electrons. The lowest BCUT2D eigenvalue weighted by atomic mass is 10.1. The number of benzene rings is 2. The van der Waals surface area contributed by atoms with Gasteiger partial charge in [0.1, 0.15) is 5.75 Å². The van der Waals surface area contributed by atoms with Gasteiger partial charge in [-0.25, -0.2) is 0 Å². The monoisotopic (exact) mass is 535 g/mol. The van der Waals surface area contributed by atoms with Gasteiger partial charge in [0.15, 0.2) is 6.61 Å². The van der Waals surface area contributed by atoms with Crippen LogP contribution in [-0.4, -0.2) is 71.2 Å². The van der Waals surface area contributed by atoms with E-state index >= 15 is 0 Å². The average Bonchev–Trinajstić information content (AvgIpc) is 3.20. The second kappa shape index (κ2) is 10.8. The number of amides is 2.